The largest absolute Gasteiger partial charge is 0.496 e. The van der Waals surface area contributed by atoms with Gasteiger partial charge in [0.2, 0.25) is 0 Å². The molecular weight excluding hydrogens is 271 g/mol. The molecular formula is C12H13BF2NO4. The van der Waals surface area contributed by atoms with E-state index in [-0.39, 0.29) is 28.6 Å². The lowest BCUT2D eigenvalue weighted by Gasteiger charge is -2.15. The summed E-state index contributed by atoms with van der Waals surface area (Å²) in [5, 5.41) is 11.7. The Morgan fingerprint density at radius 1 is 1.45 bits per heavy atom. The molecule has 107 valence electrons. The number of alkyl halides is 2. The average Bonchev–Trinajstić information content (AvgIpc) is 3.20. The van der Waals surface area contributed by atoms with Crippen LogP contribution in [0.4, 0.5) is 8.78 Å². The van der Waals surface area contributed by atoms with Gasteiger partial charge in [-0.15, -0.1) is 0 Å². The highest BCUT2D eigenvalue weighted by atomic mass is 19.3. The van der Waals surface area contributed by atoms with Crippen LogP contribution >= 0.6 is 0 Å². The average molecular weight is 284 g/mol. The summed E-state index contributed by atoms with van der Waals surface area (Å²) in [6.45, 7) is -3.08. The van der Waals surface area contributed by atoms with E-state index in [1.807, 2.05) is 0 Å². The molecule has 0 saturated heterocycles. The molecule has 8 heteroatoms. The first-order valence-electron chi connectivity index (χ1n) is 6.00. The van der Waals surface area contributed by atoms with E-state index in [2.05, 4.69) is 10.1 Å². The molecule has 2 N–H and O–H groups in total. The summed E-state index contributed by atoms with van der Waals surface area (Å²) in [7, 11) is 2.01. The number of amides is 1. The monoisotopic (exact) mass is 284 g/mol. The normalized spacial score (nSPS) is 14.1. The van der Waals surface area contributed by atoms with E-state index in [4.69, 9.17) is 9.76 Å². The third-order valence-corrected chi connectivity index (χ3v) is 2.81. The van der Waals surface area contributed by atoms with Crippen LogP contribution in [-0.2, 0) is 0 Å². The summed E-state index contributed by atoms with van der Waals surface area (Å²) >= 11 is 0. The SMILES string of the molecule is COc1cc([B]O)cc(OC(F)F)c1C(=O)NC1CC1. The van der Waals surface area contributed by atoms with E-state index in [9.17, 15) is 13.6 Å². The zero-order valence-electron chi connectivity index (χ0n) is 10.7. The molecule has 0 aliphatic heterocycles. The van der Waals surface area contributed by atoms with Crippen molar-refractivity contribution in [1.29, 1.82) is 0 Å². The highest BCUT2D eigenvalue weighted by Crippen LogP contribution is 2.30. The smallest absolute Gasteiger partial charge is 0.387 e. The zero-order chi connectivity index (χ0) is 14.7. The lowest BCUT2D eigenvalue weighted by atomic mass is 9.87. The minimum Gasteiger partial charge on any atom is -0.496 e. The van der Waals surface area contributed by atoms with Gasteiger partial charge in [-0.1, -0.05) is 0 Å². The van der Waals surface area contributed by atoms with Crippen LogP contribution in [0.15, 0.2) is 12.1 Å². The Morgan fingerprint density at radius 2 is 2.10 bits per heavy atom. The zero-order valence-corrected chi connectivity index (χ0v) is 10.7. The third kappa shape index (κ3) is 3.38. The number of ether oxygens (including phenoxy) is 2. The lowest BCUT2D eigenvalue weighted by Crippen LogP contribution is -2.28. The number of nitrogens with one attached hydrogen (secondary N) is 1. The molecule has 1 amide bonds. The first-order chi connectivity index (χ1) is 9.55. The Morgan fingerprint density at radius 3 is 2.60 bits per heavy atom. The first-order valence-corrected chi connectivity index (χ1v) is 6.00. The van der Waals surface area contributed by atoms with Crippen LogP contribution in [0.2, 0.25) is 0 Å². The topological polar surface area (TPSA) is 67.8 Å². The number of carbonyl (C=O) groups is 1. The van der Waals surface area contributed by atoms with E-state index in [1.54, 1.807) is 0 Å². The van der Waals surface area contributed by atoms with Gasteiger partial charge in [-0.3, -0.25) is 4.79 Å². The summed E-state index contributed by atoms with van der Waals surface area (Å²) < 4.78 is 34.2. The molecule has 1 aromatic rings. The van der Waals surface area contributed by atoms with Gasteiger partial charge in [0, 0.05) is 6.04 Å². The van der Waals surface area contributed by atoms with Crippen molar-refractivity contribution in [1.82, 2.24) is 5.32 Å². The number of hydrogen-bond donors (Lipinski definition) is 2. The molecule has 1 saturated carbocycles. The number of rotatable bonds is 6. The highest BCUT2D eigenvalue weighted by molar-refractivity contribution is 6.45. The fourth-order valence-corrected chi connectivity index (χ4v) is 1.74. The predicted molar refractivity (Wildman–Crippen MR) is 67.7 cm³/mol. The minimum atomic E-state index is -3.08. The Bertz CT molecular complexity index is 508. The van der Waals surface area contributed by atoms with Gasteiger partial charge < -0.3 is 19.8 Å². The van der Waals surface area contributed by atoms with Crippen LogP contribution in [0.1, 0.15) is 23.2 Å². The number of carbonyl (C=O) groups excluding carboxylic acids is 1. The number of methoxy groups -OCH3 is 1. The van der Waals surface area contributed by atoms with Gasteiger partial charge in [0.1, 0.15) is 17.1 Å². The molecule has 5 nitrogen and oxygen atoms in total. The molecule has 0 heterocycles. The van der Waals surface area contributed by atoms with E-state index >= 15 is 0 Å². The van der Waals surface area contributed by atoms with Crippen molar-refractivity contribution in [3.05, 3.63) is 17.7 Å². The van der Waals surface area contributed by atoms with Gasteiger partial charge in [-0.25, -0.2) is 0 Å². The van der Waals surface area contributed by atoms with Gasteiger partial charge in [-0.05, 0) is 30.4 Å². The van der Waals surface area contributed by atoms with E-state index in [0.717, 1.165) is 18.9 Å². The number of benzene rings is 1. The molecule has 2 rings (SSSR count). The van der Waals surface area contributed by atoms with Crippen molar-refractivity contribution >= 4 is 18.9 Å². The summed E-state index contributed by atoms with van der Waals surface area (Å²) in [4.78, 5) is 12.1. The fraction of sp³-hybridized carbons (Fsp3) is 0.417. The van der Waals surface area contributed by atoms with Gasteiger partial charge >= 0.3 is 14.1 Å². The van der Waals surface area contributed by atoms with Crippen LogP contribution in [0.3, 0.4) is 0 Å². The molecule has 0 atom stereocenters. The van der Waals surface area contributed by atoms with E-state index in [1.165, 1.54) is 13.2 Å². The number of halogens is 2. The molecule has 1 aromatic carbocycles. The van der Waals surface area contributed by atoms with E-state index in [0.29, 0.717) is 7.48 Å². The third-order valence-electron chi connectivity index (χ3n) is 2.81. The van der Waals surface area contributed by atoms with Crippen molar-refractivity contribution in [3.63, 3.8) is 0 Å². The molecule has 1 radical (unpaired) electrons. The van der Waals surface area contributed by atoms with Crippen molar-refractivity contribution in [2.24, 2.45) is 0 Å². The van der Waals surface area contributed by atoms with E-state index < -0.39 is 12.5 Å². The summed E-state index contributed by atoms with van der Waals surface area (Å²) in [5.41, 5.74) is 0.0887. The van der Waals surface area contributed by atoms with Gasteiger partial charge in [0.05, 0.1) is 7.11 Å². The summed E-state index contributed by atoms with van der Waals surface area (Å²) in [6.07, 6.45) is 1.73. The Balaban J connectivity index is 2.40. The second-order valence-electron chi connectivity index (χ2n) is 4.35. The van der Waals surface area contributed by atoms with Crippen molar-refractivity contribution < 1.29 is 28.1 Å². The fourth-order valence-electron chi connectivity index (χ4n) is 1.74. The Kier molecular flexibility index (Phi) is 4.44. The predicted octanol–water partition coefficient (Wildman–Crippen LogP) is 0.426. The quantitative estimate of drug-likeness (QED) is 0.743. The maximum atomic E-state index is 12.4. The van der Waals surface area contributed by atoms with Gasteiger partial charge in [0.25, 0.3) is 5.91 Å². The maximum absolute atomic E-state index is 12.4. The Labute approximate surface area is 115 Å². The van der Waals surface area contributed by atoms with Crippen LogP contribution < -0.4 is 20.3 Å². The maximum Gasteiger partial charge on any atom is 0.387 e. The van der Waals surface area contributed by atoms with Crippen LogP contribution in [0.25, 0.3) is 0 Å². The highest BCUT2D eigenvalue weighted by Gasteiger charge is 2.28. The van der Waals surface area contributed by atoms with Crippen LogP contribution in [-0.4, -0.2) is 38.2 Å². The Hall–Kier alpha value is -1.83. The van der Waals surface area contributed by atoms with Crippen molar-refractivity contribution in [2.75, 3.05) is 7.11 Å². The van der Waals surface area contributed by atoms with Crippen molar-refractivity contribution in [3.8, 4) is 11.5 Å². The van der Waals surface area contributed by atoms with Crippen LogP contribution in [0.5, 0.6) is 11.5 Å². The summed E-state index contributed by atoms with van der Waals surface area (Å²) in [6, 6.07) is 2.58. The van der Waals surface area contributed by atoms with Gasteiger partial charge in [-0.2, -0.15) is 8.78 Å². The molecule has 1 aliphatic carbocycles. The first kappa shape index (κ1) is 14.6. The second-order valence-corrected chi connectivity index (χ2v) is 4.35. The second kappa shape index (κ2) is 6.08. The molecule has 0 bridgehead atoms. The van der Waals surface area contributed by atoms with Gasteiger partial charge in [0.15, 0.2) is 0 Å². The molecule has 20 heavy (non-hydrogen) atoms. The lowest BCUT2D eigenvalue weighted by molar-refractivity contribution is -0.0502. The standard InChI is InChI=1S/C12H13BF2NO4/c1-19-8-4-6(13-18)5-9(20-12(14)15)10(8)11(17)16-7-2-3-7/h4-5,7,12,18H,2-3H2,1H3,(H,16,17). The summed E-state index contributed by atoms with van der Waals surface area (Å²) in [5.74, 6) is -0.816. The number of hydrogen-bond acceptors (Lipinski definition) is 4. The van der Waals surface area contributed by atoms with Crippen LogP contribution in [0, 0.1) is 0 Å². The molecule has 0 aromatic heterocycles. The molecule has 0 spiro atoms. The molecule has 1 aliphatic rings. The minimum absolute atomic E-state index is 0.0570. The van der Waals surface area contributed by atoms with Crippen molar-refractivity contribution in [2.45, 2.75) is 25.5 Å². The molecule has 1 fully saturated rings. The molecule has 0 unspecified atom stereocenters.